The first-order valence-electron chi connectivity index (χ1n) is 12.9. The van der Waals surface area contributed by atoms with E-state index in [0.29, 0.717) is 23.3 Å². The highest BCUT2D eigenvalue weighted by atomic mass is 35.5. The molecule has 1 aliphatic rings. The van der Waals surface area contributed by atoms with Crippen LogP contribution in [0.5, 0.6) is 11.5 Å². The standard InChI is InChI=1S/C25H27ClF2O7.C2H6.H3O4P/c1-4-31-21-14(3)8-15(10-18(21)27)12-34-24-23(20(6-7-29)35-25(24)30)33-13-16-9-17(26)22(32-5-2)19(28)11-16;1-2;1-5(2,3)4/h8-11,20,29H,4-7,12-13H2,1-3H3;1-2H3;(H3,1,2,3,4). The van der Waals surface area contributed by atoms with E-state index in [1.165, 1.54) is 18.2 Å². The molecule has 0 fully saturated rings. The quantitative estimate of drug-likeness (QED) is 0.181. The molecule has 236 valence electrons. The third kappa shape index (κ3) is 11.7. The van der Waals surface area contributed by atoms with Gasteiger partial charge in [0.25, 0.3) is 0 Å². The first kappa shape index (κ1) is 37.1. The fourth-order valence-corrected chi connectivity index (χ4v) is 3.87. The molecule has 0 saturated heterocycles. The molecule has 4 N–H and O–H groups in total. The van der Waals surface area contributed by atoms with Crippen molar-refractivity contribution in [3.63, 3.8) is 0 Å². The lowest BCUT2D eigenvalue weighted by Crippen LogP contribution is -2.15. The van der Waals surface area contributed by atoms with Gasteiger partial charge in [-0.25, -0.2) is 18.1 Å². The highest BCUT2D eigenvalue weighted by Gasteiger charge is 2.37. The van der Waals surface area contributed by atoms with Crippen molar-refractivity contribution < 1.29 is 61.6 Å². The highest BCUT2D eigenvalue weighted by Crippen LogP contribution is 2.33. The first-order valence-corrected chi connectivity index (χ1v) is 14.9. The van der Waals surface area contributed by atoms with Gasteiger partial charge >= 0.3 is 13.8 Å². The lowest BCUT2D eigenvalue weighted by molar-refractivity contribution is -0.143. The van der Waals surface area contributed by atoms with E-state index < -0.39 is 31.5 Å². The van der Waals surface area contributed by atoms with Gasteiger partial charge in [0, 0.05) is 13.0 Å². The normalized spacial score (nSPS) is 14.3. The van der Waals surface area contributed by atoms with Crippen LogP contribution in [-0.4, -0.2) is 51.7 Å². The largest absolute Gasteiger partial charge is 0.491 e. The number of carbonyl (C=O) groups excluding carboxylic acids is 1. The van der Waals surface area contributed by atoms with Gasteiger partial charge in [0.15, 0.2) is 35.0 Å². The average molecular weight is 641 g/mol. The number of aryl methyl sites for hydroxylation is 1. The maximum absolute atomic E-state index is 14.4. The van der Waals surface area contributed by atoms with Crippen LogP contribution >= 0.6 is 19.4 Å². The van der Waals surface area contributed by atoms with Crippen LogP contribution in [0.2, 0.25) is 5.02 Å². The summed E-state index contributed by atoms with van der Waals surface area (Å²) in [4.78, 5) is 34.0. The number of carbonyl (C=O) groups is 1. The Labute approximate surface area is 247 Å². The fraction of sp³-hybridized carbons (Fsp3) is 0.444. The Balaban J connectivity index is 0.00000114. The summed E-state index contributed by atoms with van der Waals surface area (Å²) in [5.41, 5.74) is 1.43. The van der Waals surface area contributed by atoms with Crippen molar-refractivity contribution >= 4 is 25.4 Å². The number of aliphatic hydroxyl groups excluding tert-OH is 1. The molecule has 1 atom stereocenters. The molecule has 11 nitrogen and oxygen atoms in total. The molecule has 1 heterocycles. The molecule has 42 heavy (non-hydrogen) atoms. The molecule has 0 saturated carbocycles. The monoisotopic (exact) mass is 640 g/mol. The van der Waals surface area contributed by atoms with Gasteiger partial charge in [-0.15, -0.1) is 0 Å². The molecule has 0 spiro atoms. The Bertz CT molecular complexity index is 1210. The van der Waals surface area contributed by atoms with Crippen molar-refractivity contribution in [1.29, 1.82) is 0 Å². The average Bonchev–Trinajstić information content (AvgIpc) is 3.19. The molecule has 15 heteroatoms. The Hall–Kier alpha value is -2.93. The molecular weight excluding hydrogens is 605 g/mol. The Morgan fingerprint density at radius 2 is 1.40 bits per heavy atom. The topological polar surface area (TPSA) is 161 Å². The van der Waals surface area contributed by atoms with E-state index in [9.17, 15) is 18.7 Å². The summed E-state index contributed by atoms with van der Waals surface area (Å²) in [5.74, 6) is -2.03. The van der Waals surface area contributed by atoms with Crippen LogP contribution in [0.4, 0.5) is 8.78 Å². The Morgan fingerprint density at radius 3 is 1.90 bits per heavy atom. The van der Waals surface area contributed by atoms with Crippen molar-refractivity contribution in [1.82, 2.24) is 0 Å². The minimum Gasteiger partial charge on any atom is -0.491 e. The number of cyclic esters (lactones) is 1. The summed E-state index contributed by atoms with van der Waals surface area (Å²) in [6.45, 7) is 9.18. The van der Waals surface area contributed by atoms with E-state index in [2.05, 4.69) is 0 Å². The minimum atomic E-state index is -4.64. The predicted molar refractivity (Wildman–Crippen MR) is 149 cm³/mol. The van der Waals surface area contributed by atoms with Crippen LogP contribution < -0.4 is 9.47 Å². The second-order valence-corrected chi connectivity index (χ2v) is 9.60. The Kier molecular flexibility index (Phi) is 15.8. The summed E-state index contributed by atoms with van der Waals surface area (Å²) in [5, 5.41) is 9.43. The summed E-state index contributed by atoms with van der Waals surface area (Å²) in [6, 6.07) is 5.64. The number of ether oxygens (including phenoxy) is 5. The van der Waals surface area contributed by atoms with Gasteiger partial charge in [-0.1, -0.05) is 25.4 Å². The molecule has 0 radical (unpaired) electrons. The number of phosphoric acid groups is 1. The molecule has 0 bridgehead atoms. The van der Waals surface area contributed by atoms with Crippen LogP contribution in [0, 0.1) is 18.6 Å². The predicted octanol–water partition coefficient (Wildman–Crippen LogP) is 5.07. The number of benzene rings is 2. The van der Waals surface area contributed by atoms with Gasteiger partial charge < -0.3 is 43.5 Å². The lowest BCUT2D eigenvalue weighted by Gasteiger charge is -2.15. The zero-order valence-electron chi connectivity index (χ0n) is 23.9. The second kappa shape index (κ2) is 17.9. The second-order valence-electron chi connectivity index (χ2n) is 8.17. The van der Waals surface area contributed by atoms with Crippen molar-refractivity contribution in [2.75, 3.05) is 19.8 Å². The number of aliphatic hydroxyl groups is 1. The molecule has 2 aromatic carbocycles. The molecular formula is C27H36ClF2O11P. The molecule has 0 aliphatic carbocycles. The van der Waals surface area contributed by atoms with E-state index in [0.717, 1.165) is 0 Å². The third-order valence-electron chi connectivity index (χ3n) is 5.04. The number of hydrogen-bond donors (Lipinski definition) is 4. The van der Waals surface area contributed by atoms with Crippen LogP contribution in [0.3, 0.4) is 0 Å². The lowest BCUT2D eigenvalue weighted by atomic mass is 10.1. The first-order chi connectivity index (χ1) is 19.8. The van der Waals surface area contributed by atoms with Crippen LogP contribution in [0.15, 0.2) is 35.8 Å². The Morgan fingerprint density at radius 1 is 0.905 bits per heavy atom. The van der Waals surface area contributed by atoms with Gasteiger partial charge in [0.05, 0.1) is 18.2 Å². The molecule has 2 aromatic rings. The number of rotatable bonds is 12. The SMILES string of the molecule is CC.CCOc1c(C)cc(COC2=C(OCc3cc(F)c(OCC)c(Cl)c3)C(CCO)OC2=O)cc1F.O=P(O)(O)O. The molecule has 1 unspecified atom stereocenters. The van der Waals surface area contributed by atoms with E-state index in [1.54, 1.807) is 26.8 Å². The maximum Gasteiger partial charge on any atom is 0.466 e. The van der Waals surface area contributed by atoms with Crippen LogP contribution in [0.1, 0.15) is 50.8 Å². The summed E-state index contributed by atoms with van der Waals surface area (Å²) in [6.07, 6.45) is -0.812. The van der Waals surface area contributed by atoms with Crippen molar-refractivity contribution in [2.45, 2.75) is 60.4 Å². The minimum absolute atomic E-state index is 0.0533. The molecule has 0 aromatic heterocycles. The van der Waals surface area contributed by atoms with Gasteiger partial charge in [0.2, 0.25) is 5.76 Å². The highest BCUT2D eigenvalue weighted by molar-refractivity contribution is 7.45. The fourth-order valence-electron chi connectivity index (χ4n) is 3.59. The van der Waals surface area contributed by atoms with Crippen LogP contribution in [0.25, 0.3) is 0 Å². The van der Waals surface area contributed by atoms with Gasteiger partial charge in [-0.3, -0.25) is 0 Å². The van der Waals surface area contributed by atoms with Gasteiger partial charge in [-0.05, 0) is 61.7 Å². The van der Waals surface area contributed by atoms with E-state index in [1.807, 2.05) is 13.8 Å². The van der Waals surface area contributed by atoms with E-state index >= 15 is 0 Å². The van der Waals surface area contributed by atoms with Crippen molar-refractivity contribution in [2.24, 2.45) is 0 Å². The smallest absolute Gasteiger partial charge is 0.466 e. The molecule has 1 aliphatic heterocycles. The van der Waals surface area contributed by atoms with E-state index in [4.69, 9.17) is 54.5 Å². The van der Waals surface area contributed by atoms with E-state index in [-0.39, 0.29) is 60.9 Å². The summed E-state index contributed by atoms with van der Waals surface area (Å²) in [7, 11) is -4.64. The zero-order valence-corrected chi connectivity index (χ0v) is 25.5. The summed E-state index contributed by atoms with van der Waals surface area (Å²) < 4.78 is 64.8. The van der Waals surface area contributed by atoms with Crippen LogP contribution in [-0.2, 0) is 36.8 Å². The van der Waals surface area contributed by atoms with Crippen molar-refractivity contribution in [3.8, 4) is 11.5 Å². The maximum atomic E-state index is 14.4. The number of hydrogen-bond acceptors (Lipinski definition) is 8. The third-order valence-corrected chi connectivity index (χ3v) is 5.32. The molecule has 3 rings (SSSR count). The molecule has 0 amide bonds. The van der Waals surface area contributed by atoms with Crippen molar-refractivity contribution in [3.05, 3.63) is 69.1 Å². The zero-order chi connectivity index (χ0) is 32.0. The number of halogens is 3. The van der Waals surface area contributed by atoms with Gasteiger partial charge in [0.1, 0.15) is 13.2 Å². The number of esters is 1. The van der Waals surface area contributed by atoms with Gasteiger partial charge in [-0.2, -0.15) is 0 Å². The summed E-state index contributed by atoms with van der Waals surface area (Å²) >= 11 is 6.10.